The minimum Gasteiger partial charge on any atom is -0.391 e. The summed E-state index contributed by atoms with van der Waals surface area (Å²) >= 11 is 0. The first kappa shape index (κ1) is 10.1. The van der Waals surface area contributed by atoms with Crippen LogP contribution in [0.25, 0.3) is 0 Å². The Morgan fingerprint density at radius 3 is 2.58 bits per heavy atom. The molecular formula is C5H12NO5P. The number of hydrogen-bond acceptors (Lipinski definition) is 4. The van der Waals surface area contributed by atoms with Crippen molar-refractivity contribution in [2.75, 3.05) is 6.61 Å². The van der Waals surface area contributed by atoms with Crippen molar-refractivity contribution in [3.63, 3.8) is 0 Å². The third kappa shape index (κ3) is 2.26. The summed E-state index contributed by atoms with van der Waals surface area (Å²) in [6.45, 7) is 1.33. The van der Waals surface area contributed by atoms with Gasteiger partial charge in [0.2, 0.25) is 0 Å². The van der Waals surface area contributed by atoms with Gasteiger partial charge in [0.15, 0.2) is 0 Å². The molecule has 0 aromatic rings. The largest absolute Gasteiger partial charge is 0.403 e. The van der Waals surface area contributed by atoms with Crippen molar-refractivity contribution >= 4 is 7.75 Å². The molecule has 1 aliphatic heterocycles. The van der Waals surface area contributed by atoms with E-state index in [-0.39, 0.29) is 6.61 Å². The summed E-state index contributed by atoms with van der Waals surface area (Å²) in [5, 5.41) is 20.4. The molecule has 7 heteroatoms. The lowest BCUT2D eigenvalue weighted by atomic mass is 10.1. The molecular weight excluding hydrogens is 185 g/mol. The normalized spacial score (nSPS) is 41.2. The van der Waals surface area contributed by atoms with Crippen LogP contribution in [-0.4, -0.2) is 40.0 Å². The molecule has 1 aliphatic rings. The highest BCUT2D eigenvalue weighted by atomic mass is 31.2. The Morgan fingerprint density at radius 2 is 2.25 bits per heavy atom. The Labute approximate surface area is 69.8 Å². The first-order chi connectivity index (χ1) is 5.42. The van der Waals surface area contributed by atoms with Crippen LogP contribution in [0, 0.1) is 0 Å². The second-order valence-electron chi connectivity index (χ2n) is 2.78. The Morgan fingerprint density at radius 1 is 1.67 bits per heavy atom. The van der Waals surface area contributed by atoms with Crippen LogP contribution in [0.4, 0.5) is 0 Å². The molecule has 0 bridgehead atoms. The van der Waals surface area contributed by atoms with Gasteiger partial charge >= 0.3 is 7.75 Å². The van der Waals surface area contributed by atoms with Gasteiger partial charge in [-0.25, -0.2) is 9.65 Å². The molecule has 0 saturated carbocycles. The van der Waals surface area contributed by atoms with Crippen molar-refractivity contribution in [2.24, 2.45) is 0 Å². The van der Waals surface area contributed by atoms with Crippen molar-refractivity contribution in [1.29, 1.82) is 0 Å². The number of nitrogens with one attached hydrogen (secondary N) is 1. The summed E-state index contributed by atoms with van der Waals surface area (Å²) in [5.41, 5.74) is 0. The van der Waals surface area contributed by atoms with Gasteiger partial charge in [-0.1, -0.05) is 0 Å². The van der Waals surface area contributed by atoms with Crippen molar-refractivity contribution < 1.29 is 24.2 Å². The van der Waals surface area contributed by atoms with Crippen molar-refractivity contribution in [3.8, 4) is 0 Å². The van der Waals surface area contributed by atoms with Gasteiger partial charge < -0.3 is 15.1 Å². The molecule has 1 rings (SSSR count). The van der Waals surface area contributed by atoms with E-state index in [4.69, 9.17) is 10.00 Å². The van der Waals surface area contributed by atoms with Gasteiger partial charge in [0.25, 0.3) is 0 Å². The molecule has 1 saturated heterocycles. The van der Waals surface area contributed by atoms with Gasteiger partial charge in [-0.05, 0) is 6.92 Å². The number of hydrogen-bond donors (Lipinski definition) is 4. The second-order valence-corrected chi connectivity index (χ2v) is 4.34. The fourth-order valence-corrected chi connectivity index (χ4v) is 2.06. The minimum atomic E-state index is -3.71. The molecule has 4 atom stereocenters. The van der Waals surface area contributed by atoms with Crippen molar-refractivity contribution in [3.05, 3.63) is 0 Å². The number of aliphatic hydroxyl groups is 2. The molecule has 1 unspecified atom stereocenters. The van der Waals surface area contributed by atoms with E-state index in [1.165, 1.54) is 6.92 Å². The van der Waals surface area contributed by atoms with Crippen LogP contribution < -0.4 is 5.09 Å². The van der Waals surface area contributed by atoms with Crippen LogP contribution >= 0.6 is 7.75 Å². The summed E-state index contributed by atoms with van der Waals surface area (Å²) < 4.78 is 15.2. The predicted molar refractivity (Wildman–Crippen MR) is 40.4 cm³/mol. The SMILES string of the molecule is C[C@@H](O)[C@@H](O)[C@@H]1COP(=O)(O)N1. The lowest BCUT2D eigenvalue weighted by Gasteiger charge is -2.18. The van der Waals surface area contributed by atoms with Gasteiger partial charge in [-0.2, -0.15) is 0 Å². The second kappa shape index (κ2) is 3.41. The molecule has 0 spiro atoms. The first-order valence-electron chi connectivity index (χ1n) is 3.53. The Bertz CT molecular complexity index is 208. The zero-order chi connectivity index (χ0) is 9.35. The van der Waals surface area contributed by atoms with E-state index in [2.05, 4.69) is 9.61 Å². The third-order valence-electron chi connectivity index (χ3n) is 1.66. The molecule has 0 aromatic heterocycles. The van der Waals surface area contributed by atoms with Gasteiger partial charge in [0.1, 0.15) is 0 Å². The molecule has 12 heavy (non-hydrogen) atoms. The maximum Gasteiger partial charge on any atom is 0.403 e. The van der Waals surface area contributed by atoms with Crippen LogP contribution in [0.1, 0.15) is 6.92 Å². The molecule has 0 aromatic carbocycles. The zero-order valence-corrected chi connectivity index (χ0v) is 7.44. The quantitative estimate of drug-likeness (QED) is 0.416. The highest BCUT2D eigenvalue weighted by molar-refractivity contribution is 7.50. The Balaban J connectivity index is 2.52. The maximum absolute atomic E-state index is 10.8. The van der Waals surface area contributed by atoms with Crippen LogP contribution in [-0.2, 0) is 9.09 Å². The van der Waals surface area contributed by atoms with E-state index in [0.717, 1.165) is 0 Å². The first-order valence-corrected chi connectivity index (χ1v) is 5.11. The zero-order valence-electron chi connectivity index (χ0n) is 6.54. The molecule has 1 fully saturated rings. The average molecular weight is 197 g/mol. The molecule has 6 nitrogen and oxygen atoms in total. The van der Waals surface area contributed by atoms with E-state index in [1.54, 1.807) is 0 Å². The summed E-state index contributed by atoms with van der Waals surface area (Å²) in [6.07, 6.45) is -2.04. The summed E-state index contributed by atoms with van der Waals surface area (Å²) in [5.74, 6) is 0. The fourth-order valence-electron chi connectivity index (χ4n) is 0.977. The predicted octanol–water partition coefficient (Wildman–Crippen LogP) is -1.18. The Kier molecular flexibility index (Phi) is 2.88. The van der Waals surface area contributed by atoms with Crippen LogP contribution in [0.15, 0.2) is 0 Å². The molecule has 4 N–H and O–H groups in total. The lowest BCUT2D eigenvalue weighted by Crippen LogP contribution is -2.42. The fraction of sp³-hybridized carbons (Fsp3) is 1.00. The van der Waals surface area contributed by atoms with Gasteiger partial charge in [-0.3, -0.25) is 4.52 Å². The lowest BCUT2D eigenvalue weighted by molar-refractivity contribution is 0.00875. The molecule has 72 valence electrons. The van der Waals surface area contributed by atoms with E-state index in [0.29, 0.717) is 0 Å². The van der Waals surface area contributed by atoms with Gasteiger partial charge in [-0.15, -0.1) is 0 Å². The van der Waals surface area contributed by atoms with Crippen LogP contribution in [0.3, 0.4) is 0 Å². The van der Waals surface area contributed by atoms with Gasteiger partial charge in [0.05, 0.1) is 24.9 Å². The summed E-state index contributed by atoms with van der Waals surface area (Å²) in [6, 6.07) is -0.680. The molecule has 0 amide bonds. The van der Waals surface area contributed by atoms with Crippen LogP contribution in [0.5, 0.6) is 0 Å². The maximum atomic E-state index is 10.8. The van der Waals surface area contributed by atoms with Crippen LogP contribution in [0.2, 0.25) is 0 Å². The average Bonchev–Trinajstić information content (AvgIpc) is 2.28. The number of aliphatic hydroxyl groups excluding tert-OH is 2. The molecule has 0 radical (unpaired) electrons. The van der Waals surface area contributed by atoms with E-state index in [9.17, 15) is 9.67 Å². The summed E-state index contributed by atoms with van der Waals surface area (Å²) in [7, 11) is -3.71. The monoisotopic (exact) mass is 197 g/mol. The molecule has 1 heterocycles. The highest BCUT2D eigenvalue weighted by Crippen LogP contribution is 2.42. The topological polar surface area (TPSA) is 99.0 Å². The third-order valence-corrected chi connectivity index (χ3v) is 2.82. The van der Waals surface area contributed by atoms with Crippen molar-refractivity contribution in [2.45, 2.75) is 25.2 Å². The molecule has 0 aliphatic carbocycles. The van der Waals surface area contributed by atoms with Crippen molar-refractivity contribution in [1.82, 2.24) is 5.09 Å². The Hall–Kier alpha value is 0.0300. The van der Waals surface area contributed by atoms with Gasteiger partial charge in [0, 0.05) is 0 Å². The van der Waals surface area contributed by atoms with E-state index in [1.807, 2.05) is 0 Å². The smallest absolute Gasteiger partial charge is 0.391 e. The standard InChI is InChI=1S/C5H12NO5P/c1-3(7)5(8)4-2-11-12(9,10)6-4/h3-5,7-8H,2H2,1H3,(H2,6,9,10)/t3-,4+,5-/m1/s1. The highest BCUT2D eigenvalue weighted by Gasteiger charge is 2.38. The minimum absolute atomic E-state index is 0.0696. The number of rotatable bonds is 2. The summed E-state index contributed by atoms with van der Waals surface area (Å²) in [4.78, 5) is 8.83. The van der Waals surface area contributed by atoms with E-state index < -0.39 is 26.0 Å². The van der Waals surface area contributed by atoms with E-state index >= 15 is 0 Å².